The fourth-order valence-corrected chi connectivity index (χ4v) is 5.92. The number of anilines is 2. The highest BCUT2D eigenvalue weighted by molar-refractivity contribution is 7.21. The SMILES string of the molecule is Cc1cc(-c2cnc3sc(N)nc3c2)cc2c1OCCN(c1c(C(C)C)c(C)nc(C(O)C(F)(F)F)[n+]1C)C2. The maximum atomic E-state index is 13.5. The molecule has 5 rings (SSSR count). The molecule has 3 aromatic heterocycles. The molecule has 1 aliphatic heterocycles. The maximum Gasteiger partial charge on any atom is 0.424 e. The van der Waals surface area contributed by atoms with E-state index in [1.54, 1.807) is 13.1 Å². The van der Waals surface area contributed by atoms with Crippen LogP contribution in [0.3, 0.4) is 0 Å². The molecule has 0 spiro atoms. The summed E-state index contributed by atoms with van der Waals surface area (Å²) in [6, 6.07) is 5.99. The van der Waals surface area contributed by atoms with Gasteiger partial charge in [0.15, 0.2) is 5.13 Å². The van der Waals surface area contributed by atoms with Gasteiger partial charge in [-0.15, -0.1) is 4.98 Å². The summed E-state index contributed by atoms with van der Waals surface area (Å²) in [5, 5.41) is 10.6. The van der Waals surface area contributed by atoms with Crippen LogP contribution < -0.4 is 19.9 Å². The van der Waals surface area contributed by atoms with Gasteiger partial charge in [0.05, 0.1) is 25.7 Å². The number of aromatic nitrogens is 4. The molecule has 39 heavy (non-hydrogen) atoms. The monoisotopic (exact) mass is 559 g/mol. The van der Waals surface area contributed by atoms with Gasteiger partial charge in [0.1, 0.15) is 28.4 Å². The largest absolute Gasteiger partial charge is 0.490 e. The van der Waals surface area contributed by atoms with Crippen molar-refractivity contribution in [3.05, 3.63) is 52.6 Å². The van der Waals surface area contributed by atoms with Gasteiger partial charge >= 0.3 is 6.18 Å². The molecule has 1 aromatic carbocycles. The highest BCUT2D eigenvalue weighted by Crippen LogP contribution is 2.38. The average Bonchev–Trinajstić information content (AvgIpc) is 3.09. The molecule has 3 N–H and O–H groups in total. The van der Waals surface area contributed by atoms with Gasteiger partial charge in [0, 0.05) is 17.3 Å². The molecule has 4 heterocycles. The summed E-state index contributed by atoms with van der Waals surface area (Å²) in [7, 11) is 1.52. The number of halogens is 3. The zero-order valence-electron chi connectivity index (χ0n) is 22.3. The van der Waals surface area contributed by atoms with Crippen LogP contribution in [-0.4, -0.2) is 39.4 Å². The smallest absolute Gasteiger partial charge is 0.424 e. The standard InChI is InChI=1S/C27H30F3N6O2S/c1-13(2)20-15(4)33-23(22(37)27(28,29)30)35(5)25(20)36-6-7-38-21-14(3)8-16(9-18(21)12-36)17-10-19-24(32-11-17)39-26(31)34-19/h8-11,13,22,37H,6-7,12H2,1-5H3,(H2,31,34)/q+1. The molecule has 8 nitrogen and oxygen atoms in total. The third-order valence-corrected chi connectivity index (χ3v) is 7.73. The summed E-state index contributed by atoms with van der Waals surface area (Å²) in [5.41, 5.74) is 11.5. The van der Waals surface area contributed by atoms with E-state index in [1.807, 2.05) is 43.9 Å². The zero-order chi connectivity index (χ0) is 28.2. The number of pyridine rings is 1. The number of aliphatic hydroxyl groups is 1. The number of thiazole rings is 1. The fraction of sp³-hybridized carbons (Fsp3) is 0.407. The van der Waals surface area contributed by atoms with E-state index in [9.17, 15) is 18.3 Å². The highest BCUT2D eigenvalue weighted by Gasteiger charge is 2.46. The van der Waals surface area contributed by atoms with Crippen LogP contribution >= 0.6 is 11.3 Å². The van der Waals surface area contributed by atoms with Crippen LogP contribution in [0.1, 0.15) is 54.1 Å². The van der Waals surface area contributed by atoms with Gasteiger partial charge in [-0.05, 0) is 49.1 Å². The van der Waals surface area contributed by atoms with Crippen LogP contribution in [0.4, 0.5) is 24.1 Å². The van der Waals surface area contributed by atoms with Crippen molar-refractivity contribution in [1.29, 1.82) is 0 Å². The van der Waals surface area contributed by atoms with Crippen molar-refractivity contribution in [3.8, 4) is 16.9 Å². The van der Waals surface area contributed by atoms with Crippen molar-refractivity contribution in [2.24, 2.45) is 7.05 Å². The van der Waals surface area contributed by atoms with Crippen molar-refractivity contribution in [2.45, 2.75) is 52.4 Å². The Labute approximate surface area is 227 Å². The van der Waals surface area contributed by atoms with Gasteiger partial charge in [0.2, 0.25) is 11.9 Å². The molecule has 4 aromatic rings. The van der Waals surface area contributed by atoms with Crippen LogP contribution in [0.15, 0.2) is 24.4 Å². The predicted molar refractivity (Wildman–Crippen MR) is 144 cm³/mol. The quantitative estimate of drug-likeness (QED) is 0.343. The number of ether oxygens (including phenoxy) is 1. The second-order valence-corrected chi connectivity index (χ2v) is 11.1. The molecular formula is C27H30F3N6O2S+. The Bertz CT molecular complexity index is 1570. The first-order valence-corrected chi connectivity index (χ1v) is 13.4. The molecule has 0 radical (unpaired) electrons. The van der Waals surface area contributed by atoms with Gasteiger partial charge in [-0.3, -0.25) is 4.90 Å². The number of benzene rings is 1. The number of aryl methyl sites for hydroxylation is 2. The molecule has 0 amide bonds. The number of nitrogens with zero attached hydrogens (tertiary/aromatic N) is 5. The van der Waals surface area contributed by atoms with Gasteiger partial charge in [-0.25, -0.2) is 14.5 Å². The topological polar surface area (TPSA) is 101 Å². The van der Waals surface area contributed by atoms with E-state index in [0.29, 0.717) is 36.3 Å². The highest BCUT2D eigenvalue weighted by atomic mass is 32.1. The minimum absolute atomic E-state index is 0.0177. The molecule has 12 heteroatoms. The maximum absolute atomic E-state index is 13.5. The van der Waals surface area contributed by atoms with Gasteiger partial charge in [-0.2, -0.15) is 13.2 Å². The molecule has 0 saturated carbocycles. The fourth-order valence-electron chi connectivity index (χ4n) is 5.27. The number of fused-ring (bicyclic) bond motifs is 2. The molecule has 1 atom stereocenters. The molecule has 0 bridgehead atoms. The van der Waals surface area contributed by atoms with E-state index in [0.717, 1.165) is 43.9 Å². The second-order valence-electron chi connectivity index (χ2n) is 10.1. The van der Waals surface area contributed by atoms with Gasteiger partial charge < -0.3 is 15.6 Å². The summed E-state index contributed by atoms with van der Waals surface area (Å²) in [4.78, 5) is 15.8. The first kappa shape index (κ1) is 27.1. The third-order valence-electron chi connectivity index (χ3n) is 6.92. The van der Waals surface area contributed by atoms with Crippen LogP contribution in [0.25, 0.3) is 21.5 Å². The normalized spacial score (nSPS) is 14.9. The number of hydrogen-bond acceptors (Lipinski definition) is 8. The number of aliphatic hydroxyl groups excluding tert-OH is 1. The Morgan fingerprint density at radius 3 is 2.59 bits per heavy atom. The number of hydrogen-bond donors (Lipinski definition) is 2. The molecule has 206 valence electrons. The second kappa shape index (κ2) is 9.91. The van der Waals surface area contributed by atoms with Gasteiger partial charge in [-0.1, -0.05) is 25.2 Å². The Hall–Kier alpha value is -3.51. The van der Waals surface area contributed by atoms with Crippen molar-refractivity contribution < 1.29 is 27.6 Å². The van der Waals surface area contributed by atoms with Crippen molar-refractivity contribution in [3.63, 3.8) is 0 Å². The lowest BCUT2D eigenvalue weighted by Crippen LogP contribution is -2.48. The summed E-state index contributed by atoms with van der Waals surface area (Å²) >= 11 is 1.33. The minimum atomic E-state index is -4.84. The summed E-state index contributed by atoms with van der Waals surface area (Å²) in [5.74, 6) is 0.868. The summed E-state index contributed by atoms with van der Waals surface area (Å²) in [6.07, 6.45) is -5.76. The first-order chi connectivity index (χ1) is 18.3. The number of nitrogens with two attached hydrogens (primary N) is 1. The predicted octanol–water partition coefficient (Wildman–Crippen LogP) is 4.89. The van der Waals surface area contributed by atoms with Crippen LogP contribution in [0.5, 0.6) is 5.75 Å². The lowest BCUT2D eigenvalue weighted by Gasteiger charge is -2.25. The summed E-state index contributed by atoms with van der Waals surface area (Å²) < 4.78 is 48.1. The Kier molecular flexibility index (Phi) is 6.88. The summed E-state index contributed by atoms with van der Waals surface area (Å²) in [6.45, 7) is 8.78. The molecule has 0 saturated heterocycles. The van der Waals surface area contributed by atoms with E-state index >= 15 is 0 Å². The lowest BCUT2D eigenvalue weighted by molar-refractivity contribution is -0.676. The Morgan fingerprint density at radius 2 is 1.90 bits per heavy atom. The van der Waals surface area contributed by atoms with E-state index in [4.69, 9.17) is 10.5 Å². The minimum Gasteiger partial charge on any atom is -0.490 e. The molecule has 1 aliphatic rings. The zero-order valence-corrected chi connectivity index (χ0v) is 23.1. The Balaban J connectivity index is 1.62. The number of rotatable bonds is 4. The number of alkyl halides is 3. The van der Waals surface area contributed by atoms with E-state index < -0.39 is 18.1 Å². The van der Waals surface area contributed by atoms with Crippen molar-refractivity contribution in [2.75, 3.05) is 23.8 Å². The van der Waals surface area contributed by atoms with Crippen LogP contribution in [-0.2, 0) is 13.6 Å². The average molecular weight is 560 g/mol. The van der Waals surface area contributed by atoms with E-state index in [-0.39, 0.29) is 5.92 Å². The van der Waals surface area contributed by atoms with E-state index in [1.165, 1.54) is 23.0 Å². The molecule has 0 fully saturated rings. The van der Waals surface area contributed by atoms with E-state index in [2.05, 4.69) is 15.0 Å². The van der Waals surface area contributed by atoms with Gasteiger partial charge in [0.25, 0.3) is 5.82 Å². The van der Waals surface area contributed by atoms with Crippen LogP contribution in [0, 0.1) is 13.8 Å². The first-order valence-electron chi connectivity index (χ1n) is 12.5. The molecule has 1 unspecified atom stereocenters. The Morgan fingerprint density at radius 1 is 1.15 bits per heavy atom. The molecule has 0 aliphatic carbocycles. The lowest BCUT2D eigenvalue weighted by atomic mass is 9.98. The third kappa shape index (κ3) is 4.98. The van der Waals surface area contributed by atoms with Crippen molar-refractivity contribution >= 4 is 32.6 Å². The number of nitrogen functional groups attached to an aromatic ring is 1. The van der Waals surface area contributed by atoms with Crippen molar-refractivity contribution in [1.82, 2.24) is 15.0 Å². The molecular weight excluding hydrogens is 529 g/mol. The van der Waals surface area contributed by atoms with Crippen LogP contribution in [0.2, 0.25) is 0 Å².